The number of hydrogen-bond donors (Lipinski definition) is 3. The number of halogens is 1. The summed E-state index contributed by atoms with van der Waals surface area (Å²) < 4.78 is 19.5. The maximum absolute atomic E-state index is 14.2. The summed E-state index contributed by atoms with van der Waals surface area (Å²) in [6, 6.07) is 10.6. The number of ether oxygens (including phenoxy) is 1. The molecule has 0 saturated carbocycles. The van der Waals surface area contributed by atoms with Crippen molar-refractivity contribution in [1.29, 1.82) is 0 Å². The van der Waals surface area contributed by atoms with Gasteiger partial charge in [-0.3, -0.25) is 10.1 Å². The second-order valence-electron chi connectivity index (χ2n) is 9.30. The first kappa shape index (κ1) is 22.3. The average molecular weight is 508 g/mol. The van der Waals surface area contributed by atoms with Crippen LogP contribution in [0.5, 0.6) is 5.75 Å². The van der Waals surface area contributed by atoms with Gasteiger partial charge in [0.15, 0.2) is 5.65 Å². The molecule has 0 aliphatic carbocycles. The van der Waals surface area contributed by atoms with Crippen molar-refractivity contribution in [3.8, 4) is 39.5 Å². The first-order valence-corrected chi connectivity index (χ1v) is 12.1. The molecule has 4 N–H and O–H groups in total. The topological polar surface area (TPSA) is 135 Å². The van der Waals surface area contributed by atoms with E-state index in [2.05, 4.69) is 35.0 Å². The van der Waals surface area contributed by atoms with Crippen LogP contribution in [0.4, 0.5) is 10.2 Å². The highest BCUT2D eigenvalue weighted by molar-refractivity contribution is 5.99. The first-order valence-electron chi connectivity index (χ1n) is 12.1. The summed E-state index contributed by atoms with van der Waals surface area (Å²) in [5, 5.41) is 9.15. The van der Waals surface area contributed by atoms with Gasteiger partial charge in [-0.2, -0.15) is 5.10 Å². The number of hydrogen-bond acceptors (Lipinski definition) is 8. The zero-order chi connectivity index (χ0) is 25.8. The Labute approximate surface area is 215 Å². The fourth-order valence-corrected chi connectivity index (χ4v) is 4.84. The molecule has 0 bridgehead atoms. The van der Waals surface area contributed by atoms with Gasteiger partial charge in [0.05, 0.1) is 36.6 Å². The number of H-pyrrole nitrogens is 2. The van der Waals surface area contributed by atoms with E-state index in [9.17, 15) is 4.39 Å². The molecule has 1 saturated heterocycles. The van der Waals surface area contributed by atoms with Crippen molar-refractivity contribution in [3.63, 3.8) is 0 Å². The summed E-state index contributed by atoms with van der Waals surface area (Å²) in [6.07, 6.45) is 6.90. The standard InChI is InChI=1S/C27H22FN9O/c1-38-18-5-14(4-16(28)7-18)19-2-3-31-26-20(19)8-22(34-26)25-21-6-15(9-32-27(21)36-35-25)23-10-30-11-24(33-23)37-12-17(29)13-37/h2-11,17H,12-13,29H2,1H3,(H,31,34)(H,32,35,36). The van der Waals surface area contributed by atoms with E-state index in [-0.39, 0.29) is 11.9 Å². The molecule has 1 aliphatic rings. The summed E-state index contributed by atoms with van der Waals surface area (Å²) >= 11 is 0. The number of aromatic amines is 2. The molecule has 38 heavy (non-hydrogen) atoms. The Morgan fingerprint density at radius 2 is 1.92 bits per heavy atom. The number of nitrogens with zero attached hydrogens (tertiary/aromatic N) is 6. The highest BCUT2D eigenvalue weighted by Gasteiger charge is 2.25. The van der Waals surface area contributed by atoms with Crippen LogP contribution in [0.3, 0.4) is 0 Å². The van der Waals surface area contributed by atoms with Crippen LogP contribution in [0.25, 0.3) is 55.8 Å². The van der Waals surface area contributed by atoms with Gasteiger partial charge in [0.1, 0.15) is 23.0 Å². The van der Waals surface area contributed by atoms with Crippen molar-refractivity contribution < 1.29 is 9.13 Å². The van der Waals surface area contributed by atoms with Crippen molar-refractivity contribution in [2.45, 2.75) is 6.04 Å². The molecule has 6 aromatic rings. The Morgan fingerprint density at radius 1 is 1.03 bits per heavy atom. The van der Waals surface area contributed by atoms with Crippen LogP contribution in [0.2, 0.25) is 0 Å². The Kier molecular flexibility index (Phi) is 5.05. The minimum absolute atomic E-state index is 0.168. The minimum Gasteiger partial charge on any atom is -0.497 e. The van der Waals surface area contributed by atoms with Crippen LogP contribution >= 0.6 is 0 Å². The number of aromatic nitrogens is 7. The number of benzene rings is 1. The van der Waals surface area contributed by atoms with Gasteiger partial charge < -0.3 is 20.4 Å². The molecule has 6 heterocycles. The highest BCUT2D eigenvalue weighted by atomic mass is 19.1. The molecule has 1 aliphatic heterocycles. The Hall–Kier alpha value is -4.90. The molecular formula is C27H22FN9O. The van der Waals surface area contributed by atoms with E-state index in [1.165, 1.54) is 19.2 Å². The number of rotatable bonds is 5. The van der Waals surface area contributed by atoms with E-state index in [0.29, 0.717) is 28.3 Å². The summed E-state index contributed by atoms with van der Waals surface area (Å²) in [6.45, 7) is 1.53. The predicted molar refractivity (Wildman–Crippen MR) is 142 cm³/mol. The number of pyridine rings is 2. The molecule has 1 aromatic carbocycles. The number of fused-ring (bicyclic) bond motifs is 2. The van der Waals surface area contributed by atoms with Crippen LogP contribution in [0.1, 0.15) is 0 Å². The van der Waals surface area contributed by atoms with Crippen LogP contribution in [-0.4, -0.2) is 61.4 Å². The lowest BCUT2D eigenvalue weighted by Crippen LogP contribution is -2.56. The van der Waals surface area contributed by atoms with E-state index in [4.69, 9.17) is 15.5 Å². The Bertz CT molecular complexity index is 1820. The lowest BCUT2D eigenvalue weighted by atomic mass is 10.0. The quantitative estimate of drug-likeness (QED) is 0.320. The van der Waals surface area contributed by atoms with Crippen LogP contribution < -0.4 is 15.4 Å². The van der Waals surface area contributed by atoms with Crippen molar-refractivity contribution >= 4 is 27.9 Å². The summed E-state index contributed by atoms with van der Waals surface area (Å²) in [5.74, 6) is 0.866. The first-order chi connectivity index (χ1) is 18.6. The third-order valence-electron chi connectivity index (χ3n) is 6.78. The predicted octanol–water partition coefficient (Wildman–Crippen LogP) is 3.92. The van der Waals surface area contributed by atoms with Gasteiger partial charge in [0.2, 0.25) is 0 Å². The van der Waals surface area contributed by atoms with E-state index in [0.717, 1.165) is 52.2 Å². The lowest BCUT2D eigenvalue weighted by Gasteiger charge is -2.37. The van der Waals surface area contributed by atoms with Gasteiger partial charge in [0.25, 0.3) is 0 Å². The number of anilines is 1. The smallest absolute Gasteiger partial charge is 0.181 e. The van der Waals surface area contributed by atoms with E-state index >= 15 is 0 Å². The number of nitrogens with two attached hydrogens (primary N) is 1. The monoisotopic (exact) mass is 507 g/mol. The molecule has 10 nitrogen and oxygen atoms in total. The van der Waals surface area contributed by atoms with Crippen LogP contribution in [0.15, 0.2) is 61.2 Å². The van der Waals surface area contributed by atoms with Crippen LogP contribution in [0, 0.1) is 5.82 Å². The number of methoxy groups -OCH3 is 1. The Morgan fingerprint density at radius 3 is 2.76 bits per heavy atom. The van der Waals surface area contributed by atoms with Crippen molar-refractivity contribution in [1.82, 2.24) is 35.1 Å². The number of nitrogens with one attached hydrogen (secondary N) is 2. The average Bonchev–Trinajstić information content (AvgIpc) is 3.54. The normalized spacial score (nSPS) is 13.8. The van der Waals surface area contributed by atoms with Gasteiger partial charge in [0, 0.05) is 53.9 Å². The highest BCUT2D eigenvalue weighted by Crippen LogP contribution is 2.35. The van der Waals surface area contributed by atoms with E-state index in [1.807, 2.05) is 18.2 Å². The third kappa shape index (κ3) is 3.71. The molecule has 11 heteroatoms. The minimum atomic E-state index is -0.373. The summed E-state index contributed by atoms with van der Waals surface area (Å²) in [7, 11) is 1.52. The third-order valence-corrected chi connectivity index (χ3v) is 6.78. The van der Waals surface area contributed by atoms with Gasteiger partial charge >= 0.3 is 0 Å². The van der Waals surface area contributed by atoms with Crippen molar-refractivity contribution in [3.05, 3.63) is 67.0 Å². The molecule has 7 rings (SSSR count). The van der Waals surface area contributed by atoms with Crippen LogP contribution in [-0.2, 0) is 0 Å². The molecule has 0 radical (unpaired) electrons. The zero-order valence-corrected chi connectivity index (χ0v) is 20.3. The zero-order valence-electron chi connectivity index (χ0n) is 20.3. The lowest BCUT2D eigenvalue weighted by molar-refractivity contribution is 0.411. The maximum Gasteiger partial charge on any atom is 0.181 e. The van der Waals surface area contributed by atoms with Gasteiger partial charge in [-0.25, -0.2) is 19.3 Å². The van der Waals surface area contributed by atoms with Gasteiger partial charge in [-0.15, -0.1) is 0 Å². The van der Waals surface area contributed by atoms with Gasteiger partial charge in [-0.05, 0) is 41.5 Å². The van der Waals surface area contributed by atoms with E-state index < -0.39 is 0 Å². The molecule has 0 atom stereocenters. The van der Waals surface area contributed by atoms with E-state index in [1.54, 1.807) is 30.9 Å². The summed E-state index contributed by atoms with van der Waals surface area (Å²) in [5.41, 5.74) is 11.8. The van der Waals surface area contributed by atoms with Crippen molar-refractivity contribution in [2.75, 3.05) is 25.1 Å². The molecular weight excluding hydrogens is 485 g/mol. The molecule has 0 spiro atoms. The van der Waals surface area contributed by atoms with Gasteiger partial charge in [-0.1, -0.05) is 0 Å². The second-order valence-corrected chi connectivity index (χ2v) is 9.30. The summed E-state index contributed by atoms with van der Waals surface area (Å²) in [4.78, 5) is 23.6. The second kappa shape index (κ2) is 8.60. The largest absolute Gasteiger partial charge is 0.497 e. The molecule has 0 amide bonds. The fourth-order valence-electron chi connectivity index (χ4n) is 4.84. The molecule has 0 unspecified atom stereocenters. The molecule has 188 valence electrons. The molecule has 5 aromatic heterocycles. The fraction of sp³-hybridized carbons (Fsp3) is 0.148. The SMILES string of the molecule is COc1cc(F)cc(-c2ccnc3[nH]c(-c4[nH]nc5ncc(-c6cncc(N7CC(N)C7)n6)cc45)cc23)c1. The van der Waals surface area contributed by atoms with Crippen molar-refractivity contribution in [2.24, 2.45) is 5.73 Å². The Balaban J connectivity index is 1.30. The molecule has 1 fully saturated rings. The maximum atomic E-state index is 14.2.